The molecular formula is C18H21FN4O4. The molecule has 0 aliphatic carbocycles. The maximum absolute atomic E-state index is 13.8. The van der Waals surface area contributed by atoms with E-state index in [0.717, 1.165) is 0 Å². The lowest BCUT2D eigenvalue weighted by Crippen LogP contribution is -2.50. The summed E-state index contributed by atoms with van der Waals surface area (Å²) in [6, 6.07) is 6.16. The average molecular weight is 376 g/mol. The number of carbonyl (C=O) groups excluding carboxylic acids is 2. The van der Waals surface area contributed by atoms with Crippen molar-refractivity contribution in [1.29, 1.82) is 0 Å². The Hall–Kier alpha value is -2.97. The molecule has 144 valence electrons. The van der Waals surface area contributed by atoms with Gasteiger partial charge in [-0.3, -0.25) is 4.79 Å². The quantitative estimate of drug-likeness (QED) is 0.794. The molecule has 1 aromatic heterocycles. The van der Waals surface area contributed by atoms with Gasteiger partial charge in [0, 0.05) is 39.0 Å². The van der Waals surface area contributed by atoms with Gasteiger partial charge in [0.15, 0.2) is 0 Å². The predicted molar refractivity (Wildman–Crippen MR) is 93.2 cm³/mol. The summed E-state index contributed by atoms with van der Waals surface area (Å²) in [7, 11) is 0. The molecule has 1 aromatic carbocycles. The fourth-order valence-electron chi connectivity index (χ4n) is 2.83. The summed E-state index contributed by atoms with van der Waals surface area (Å²) in [5, 5.41) is 3.78. The van der Waals surface area contributed by atoms with Crippen LogP contribution in [0.4, 0.5) is 9.18 Å². The highest BCUT2D eigenvalue weighted by Gasteiger charge is 2.25. The lowest BCUT2D eigenvalue weighted by Gasteiger charge is -2.34. The molecule has 0 atom stereocenters. The number of halogens is 1. The molecule has 0 spiro atoms. The lowest BCUT2D eigenvalue weighted by molar-refractivity contribution is -0.132. The van der Waals surface area contributed by atoms with E-state index < -0.39 is 5.82 Å². The van der Waals surface area contributed by atoms with E-state index in [-0.39, 0.29) is 42.1 Å². The van der Waals surface area contributed by atoms with Crippen molar-refractivity contribution < 1.29 is 23.2 Å². The van der Waals surface area contributed by atoms with Crippen LogP contribution in [0.15, 0.2) is 28.8 Å². The fraction of sp³-hybridized carbons (Fsp3) is 0.444. The first-order chi connectivity index (χ1) is 13.1. The maximum Gasteiger partial charge on any atom is 0.409 e. The van der Waals surface area contributed by atoms with Crippen molar-refractivity contribution in [1.82, 2.24) is 19.9 Å². The summed E-state index contributed by atoms with van der Waals surface area (Å²) in [6.45, 7) is 3.90. The summed E-state index contributed by atoms with van der Waals surface area (Å²) < 4.78 is 23.8. The van der Waals surface area contributed by atoms with Crippen LogP contribution in [-0.2, 0) is 16.0 Å². The van der Waals surface area contributed by atoms with Crippen molar-refractivity contribution in [3.63, 3.8) is 0 Å². The van der Waals surface area contributed by atoms with E-state index in [1.165, 1.54) is 6.07 Å². The van der Waals surface area contributed by atoms with E-state index in [1.807, 2.05) is 0 Å². The number of nitrogens with zero attached hydrogens (tertiary/aromatic N) is 4. The summed E-state index contributed by atoms with van der Waals surface area (Å²) >= 11 is 0. The molecule has 0 saturated carbocycles. The minimum absolute atomic E-state index is 0.0517. The summed E-state index contributed by atoms with van der Waals surface area (Å²) in [4.78, 5) is 31.5. The molecule has 2 aromatic rings. The Morgan fingerprint density at radius 1 is 1.19 bits per heavy atom. The zero-order chi connectivity index (χ0) is 19.2. The van der Waals surface area contributed by atoms with Crippen LogP contribution in [0.2, 0.25) is 0 Å². The molecule has 3 rings (SSSR count). The Morgan fingerprint density at radius 2 is 1.89 bits per heavy atom. The van der Waals surface area contributed by atoms with E-state index in [0.29, 0.717) is 32.8 Å². The molecule has 0 radical (unpaired) electrons. The van der Waals surface area contributed by atoms with Crippen LogP contribution >= 0.6 is 0 Å². The van der Waals surface area contributed by atoms with Crippen molar-refractivity contribution in [2.45, 2.75) is 19.8 Å². The highest BCUT2D eigenvalue weighted by Crippen LogP contribution is 2.19. The number of aromatic nitrogens is 2. The van der Waals surface area contributed by atoms with Gasteiger partial charge in [0.1, 0.15) is 5.82 Å². The molecule has 1 saturated heterocycles. The van der Waals surface area contributed by atoms with Gasteiger partial charge in [0.25, 0.3) is 0 Å². The molecule has 2 heterocycles. The normalized spacial score (nSPS) is 14.3. The van der Waals surface area contributed by atoms with E-state index in [1.54, 1.807) is 34.9 Å². The minimum Gasteiger partial charge on any atom is -0.450 e. The summed E-state index contributed by atoms with van der Waals surface area (Å²) in [5.41, 5.74) is 0.258. The topological polar surface area (TPSA) is 88.8 Å². The molecule has 0 unspecified atom stereocenters. The van der Waals surface area contributed by atoms with Gasteiger partial charge >= 0.3 is 6.09 Å². The second-order valence-electron chi connectivity index (χ2n) is 6.06. The molecule has 1 fully saturated rings. The van der Waals surface area contributed by atoms with Crippen molar-refractivity contribution in [3.05, 3.63) is 36.0 Å². The first kappa shape index (κ1) is 18.8. The average Bonchev–Trinajstić information content (AvgIpc) is 3.15. The van der Waals surface area contributed by atoms with Crippen molar-refractivity contribution >= 4 is 12.0 Å². The van der Waals surface area contributed by atoms with Gasteiger partial charge in [-0.25, -0.2) is 9.18 Å². The number of rotatable bonds is 5. The molecule has 0 N–H and O–H groups in total. The number of hydrogen-bond acceptors (Lipinski definition) is 6. The van der Waals surface area contributed by atoms with E-state index in [2.05, 4.69) is 10.1 Å². The van der Waals surface area contributed by atoms with Gasteiger partial charge in [-0.05, 0) is 19.1 Å². The second-order valence-corrected chi connectivity index (χ2v) is 6.06. The third kappa shape index (κ3) is 4.60. The second kappa shape index (κ2) is 8.61. The van der Waals surface area contributed by atoms with E-state index >= 15 is 0 Å². The number of carbonyl (C=O) groups is 2. The molecule has 1 aliphatic rings. The number of ether oxygens (including phenoxy) is 1. The molecule has 8 nitrogen and oxygen atoms in total. The highest BCUT2D eigenvalue weighted by atomic mass is 19.1. The van der Waals surface area contributed by atoms with E-state index in [4.69, 9.17) is 9.26 Å². The standard InChI is InChI=1S/C18H21FN4O4/c1-2-26-18(25)23-11-9-22(10-12-23)16(24)8-7-15-20-17(21-27-15)13-5-3-4-6-14(13)19/h3-6H,2,7-12H2,1H3. The van der Waals surface area contributed by atoms with Crippen LogP contribution in [0, 0.1) is 5.82 Å². The number of piperazine rings is 1. The highest BCUT2D eigenvalue weighted by molar-refractivity contribution is 5.77. The third-order valence-corrected chi connectivity index (χ3v) is 4.29. The number of aryl methyl sites for hydroxylation is 1. The van der Waals surface area contributed by atoms with Crippen LogP contribution in [0.3, 0.4) is 0 Å². The van der Waals surface area contributed by atoms with Gasteiger partial charge in [-0.1, -0.05) is 17.3 Å². The van der Waals surface area contributed by atoms with Crippen molar-refractivity contribution in [2.75, 3.05) is 32.8 Å². The third-order valence-electron chi connectivity index (χ3n) is 4.29. The molecule has 0 bridgehead atoms. The Kier molecular flexibility index (Phi) is 6.00. The Labute approximate surface area is 155 Å². The van der Waals surface area contributed by atoms with Gasteiger partial charge in [-0.2, -0.15) is 4.98 Å². The first-order valence-corrected chi connectivity index (χ1v) is 8.85. The van der Waals surface area contributed by atoms with Gasteiger partial charge < -0.3 is 19.1 Å². The summed E-state index contributed by atoms with van der Waals surface area (Å²) in [5.74, 6) is -0.0325. The first-order valence-electron chi connectivity index (χ1n) is 8.85. The fourth-order valence-corrected chi connectivity index (χ4v) is 2.83. The van der Waals surface area contributed by atoms with Gasteiger partial charge in [0.2, 0.25) is 17.6 Å². The monoisotopic (exact) mass is 376 g/mol. The molecule has 2 amide bonds. The van der Waals surface area contributed by atoms with Gasteiger partial charge in [-0.15, -0.1) is 0 Å². The number of benzene rings is 1. The Morgan fingerprint density at radius 3 is 2.59 bits per heavy atom. The van der Waals surface area contributed by atoms with Crippen LogP contribution in [-0.4, -0.2) is 64.7 Å². The smallest absolute Gasteiger partial charge is 0.409 e. The van der Waals surface area contributed by atoms with Crippen LogP contribution < -0.4 is 0 Å². The minimum atomic E-state index is -0.430. The van der Waals surface area contributed by atoms with Crippen molar-refractivity contribution in [2.24, 2.45) is 0 Å². The molecule has 9 heteroatoms. The van der Waals surface area contributed by atoms with E-state index in [9.17, 15) is 14.0 Å². The van der Waals surface area contributed by atoms with Crippen molar-refractivity contribution in [3.8, 4) is 11.4 Å². The predicted octanol–water partition coefficient (Wildman–Crippen LogP) is 2.11. The Balaban J connectivity index is 1.49. The molecule has 1 aliphatic heterocycles. The largest absolute Gasteiger partial charge is 0.450 e. The molecular weight excluding hydrogens is 355 g/mol. The SMILES string of the molecule is CCOC(=O)N1CCN(C(=O)CCc2nc(-c3ccccc3F)no2)CC1. The molecule has 27 heavy (non-hydrogen) atoms. The van der Waals surface area contributed by atoms with Crippen LogP contribution in [0.1, 0.15) is 19.2 Å². The summed E-state index contributed by atoms with van der Waals surface area (Å²) in [6.07, 6.45) is 0.132. The number of amides is 2. The van der Waals surface area contributed by atoms with Gasteiger partial charge in [0.05, 0.1) is 12.2 Å². The van der Waals surface area contributed by atoms with Crippen LogP contribution in [0.25, 0.3) is 11.4 Å². The zero-order valence-electron chi connectivity index (χ0n) is 15.1. The lowest BCUT2D eigenvalue weighted by atomic mass is 10.2. The zero-order valence-corrected chi connectivity index (χ0v) is 15.1. The number of hydrogen-bond donors (Lipinski definition) is 0. The maximum atomic E-state index is 13.8. The van der Waals surface area contributed by atoms with Crippen LogP contribution in [0.5, 0.6) is 0 Å². The Bertz CT molecular complexity index is 802.